The topological polar surface area (TPSA) is 52.5 Å². The average Bonchev–Trinajstić information content (AvgIpc) is 2.26. The van der Waals surface area contributed by atoms with Crippen molar-refractivity contribution in [3.8, 4) is 0 Å². The maximum absolute atomic E-state index is 10.5. The summed E-state index contributed by atoms with van der Waals surface area (Å²) < 4.78 is 0. The highest BCUT2D eigenvalue weighted by molar-refractivity contribution is 5.22. The number of nitrogens with one attached hydrogen (secondary N) is 1. The van der Waals surface area contributed by atoms with E-state index in [0.29, 0.717) is 6.54 Å². The summed E-state index contributed by atoms with van der Waals surface area (Å²) >= 11 is 0. The summed E-state index contributed by atoms with van der Waals surface area (Å²) in [6, 6.07) is 9.54. The van der Waals surface area contributed by atoms with Crippen molar-refractivity contribution >= 4 is 0 Å². The highest BCUT2D eigenvalue weighted by atomic mass is 16.3. The van der Waals surface area contributed by atoms with Crippen LogP contribution in [-0.4, -0.2) is 27.9 Å². The molecule has 0 heterocycles. The minimum absolute atomic E-state index is 0.383. The molecule has 0 aliphatic rings. The van der Waals surface area contributed by atoms with E-state index >= 15 is 0 Å². The van der Waals surface area contributed by atoms with Crippen LogP contribution in [0.5, 0.6) is 0 Å². The van der Waals surface area contributed by atoms with E-state index in [2.05, 4.69) is 5.32 Å². The van der Waals surface area contributed by atoms with Crippen LogP contribution in [0.25, 0.3) is 0 Å². The second kappa shape index (κ2) is 5.00. The molecular weight excluding hydrogens is 226 g/mol. The van der Waals surface area contributed by atoms with Crippen LogP contribution in [0.1, 0.15) is 40.2 Å². The number of rotatable bonds is 5. The van der Waals surface area contributed by atoms with Crippen LogP contribution in [0.15, 0.2) is 30.3 Å². The van der Waals surface area contributed by atoms with Crippen molar-refractivity contribution < 1.29 is 10.2 Å². The fraction of sp³-hybridized carbons (Fsp3) is 0.600. The summed E-state index contributed by atoms with van der Waals surface area (Å²) in [5, 5.41) is 23.8. The minimum atomic E-state index is -0.955. The second-order valence-corrected chi connectivity index (χ2v) is 6.18. The molecule has 0 aliphatic carbocycles. The molecule has 18 heavy (non-hydrogen) atoms. The van der Waals surface area contributed by atoms with Gasteiger partial charge in [0.25, 0.3) is 0 Å². The Morgan fingerprint density at radius 2 is 1.44 bits per heavy atom. The molecule has 0 bridgehead atoms. The molecular formula is C15H25NO2. The summed E-state index contributed by atoms with van der Waals surface area (Å²) in [6.07, 6.45) is 0. The van der Waals surface area contributed by atoms with Crippen LogP contribution in [0.3, 0.4) is 0 Å². The largest absolute Gasteiger partial charge is 0.389 e. The van der Waals surface area contributed by atoms with E-state index in [0.717, 1.165) is 5.56 Å². The van der Waals surface area contributed by atoms with Gasteiger partial charge in [-0.25, -0.2) is 0 Å². The van der Waals surface area contributed by atoms with Crippen LogP contribution >= 0.6 is 0 Å². The van der Waals surface area contributed by atoms with Gasteiger partial charge in [-0.1, -0.05) is 30.3 Å². The molecule has 1 aromatic carbocycles. The van der Waals surface area contributed by atoms with Gasteiger partial charge in [0.1, 0.15) is 0 Å². The zero-order valence-corrected chi connectivity index (χ0v) is 12.0. The lowest BCUT2D eigenvalue weighted by Gasteiger charge is -2.40. The molecule has 3 N–H and O–H groups in total. The molecule has 3 heteroatoms. The van der Waals surface area contributed by atoms with Crippen molar-refractivity contribution in [3.05, 3.63) is 35.9 Å². The van der Waals surface area contributed by atoms with Crippen LogP contribution in [0, 0.1) is 0 Å². The van der Waals surface area contributed by atoms with Gasteiger partial charge in [-0.05, 0) is 40.2 Å². The van der Waals surface area contributed by atoms with Gasteiger partial charge in [0, 0.05) is 12.1 Å². The third-order valence-electron chi connectivity index (χ3n) is 3.80. The fourth-order valence-corrected chi connectivity index (χ4v) is 1.51. The first-order valence-corrected chi connectivity index (χ1v) is 6.32. The molecule has 1 rings (SSSR count). The first-order chi connectivity index (χ1) is 8.06. The van der Waals surface area contributed by atoms with E-state index in [1.165, 1.54) is 0 Å². The second-order valence-electron chi connectivity index (χ2n) is 6.18. The molecule has 0 amide bonds. The van der Waals surface area contributed by atoms with Gasteiger partial charge in [0.05, 0.1) is 11.2 Å². The monoisotopic (exact) mass is 251 g/mol. The highest BCUT2D eigenvalue weighted by Gasteiger charge is 2.36. The number of hydrogen-bond acceptors (Lipinski definition) is 3. The predicted octanol–water partition coefficient (Wildman–Crippen LogP) is 2.03. The quantitative estimate of drug-likeness (QED) is 0.750. The molecule has 1 atom stereocenters. The van der Waals surface area contributed by atoms with Crippen LogP contribution in [-0.2, 0) is 5.60 Å². The van der Waals surface area contributed by atoms with Gasteiger partial charge in [0.15, 0.2) is 0 Å². The van der Waals surface area contributed by atoms with E-state index < -0.39 is 16.7 Å². The molecule has 1 unspecified atom stereocenters. The number of benzene rings is 1. The number of aliphatic hydroxyl groups is 2. The summed E-state index contributed by atoms with van der Waals surface area (Å²) in [5.74, 6) is 0. The van der Waals surface area contributed by atoms with Crippen molar-refractivity contribution in [2.45, 2.75) is 51.4 Å². The fourth-order valence-electron chi connectivity index (χ4n) is 1.51. The minimum Gasteiger partial charge on any atom is -0.389 e. The van der Waals surface area contributed by atoms with Gasteiger partial charge in [-0.2, -0.15) is 0 Å². The molecule has 1 aromatic rings. The predicted molar refractivity (Wildman–Crippen MR) is 74.4 cm³/mol. The van der Waals surface area contributed by atoms with Gasteiger partial charge in [-0.15, -0.1) is 0 Å². The lowest BCUT2D eigenvalue weighted by atomic mass is 9.85. The van der Waals surface area contributed by atoms with E-state index in [9.17, 15) is 10.2 Å². The zero-order valence-electron chi connectivity index (χ0n) is 12.0. The summed E-state index contributed by atoms with van der Waals surface area (Å²) in [5.41, 5.74) is -1.43. The Balaban J connectivity index is 2.74. The maximum atomic E-state index is 10.5. The zero-order chi connectivity index (χ0) is 14.0. The van der Waals surface area contributed by atoms with Crippen LogP contribution in [0.2, 0.25) is 0 Å². The van der Waals surface area contributed by atoms with Gasteiger partial charge >= 0.3 is 0 Å². The smallest absolute Gasteiger partial charge is 0.0992 e. The van der Waals surface area contributed by atoms with Crippen molar-refractivity contribution in [1.82, 2.24) is 5.32 Å². The third-order valence-corrected chi connectivity index (χ3v) is 3.80. The lowest BCUT2D eigenvalue weighted by molar-refractivity contribution is -0.0223. The molecule has 0 saturated carbocycles. The molecule has 0 radical (unpaired) electrons. The van der Waals surface area contributed by atoms with E-state index in [4.69, 9.17) is 0 Å². The average molecular weight is 251 g/mol. The molecule has 0 saturated heterocycles. The van der Waals surface area contributed by atoms with Crippen LogP contribution < -0.4 is 5.32 Å². The lowest BCUT2D eigenvalue weighted by Crippen LogP contribution is -2.58. The summed E-state index contributed by atoms with van der Waals surface area (Å²) in [6.45, 7) is 9.53. The van der Waals surface area contributed by atoms with Crippen molar-refractivity contribution in [2.24, 2.45) is 0 Å². The molecule has 0 spiro atoms. The summed E-state index contributed by atoms with van der Waals surface area (Å²) in [4.78, 5) is 0. The molecule has 0 fully saturated rings. The molecule has 3 nitrogen and oxygen atoms in total. The molecule has 0 aromatic heterocycles. The first kappa shape index (κ1) is 15.2. The highest BCUT2D eigenvalue weighted by Crippen LogP contribution is 2.24. The number of β-amino-alcohol motifs (C(OH)–C–C–N with tert-alkyl or cyclic N) is 1. The SMILES string of the molecule is CC(O)(CNC(C)(C)C(C)(C)O)c1ccccc1. The van der Waals surface area contributed by atoms with E-state index in [-0.39, 0.29) is 0 Å². The third kappa shape index (κ3) is 3.55. The van der Waals surface area contributed by atoms with E-state index in [1.807, 2.05) is 44.2 Å². The normalized spacial score (nSPS) is 16.4. The van der Waals surface area contributed by atoms with Crippen molar-refractivity contribution in [3.63, 3.8) is 0 Å². The molecule has 0 aliphatic heterocycles. The van der Waals surface area contributed by atoms with Gasteiger partial charge in [-0.3, -0.25) is 0 Å². The number of hydrogen-bond donors (Lipinski definition) is 3. The first-order valence-electron chi connectivity index (χ1n) is 6.32. The Morgan fingerprint density at radius 3 is 1.89 bits per heavy atom. The summed E-state index contributed by atoms with van der Waals surface area (Å²) in [7, 11) is 0. The van der Waals surface area contributed by atoms with E-state index in [1.54, 1.807) is 20.8 Å². The Morgan fingerprint density at radius 1 is 0.944 bits per heavy atom. The standard InChI is InChI=1S/C15H25NO2/c1-13(2,14(3,4)17)16-11-15(5,18)12-9-7-6-8-10-12/h6-10,16-18H,11H2,1-5H3. The molecule has 102 valence electrons. The van der Waals surface area contributed by atoms with Gasteiger partial charge in [0.2, 0.25) is 0 Å². The van der Waals surface area contributed by atoms with Crippen molar-refractivity contribution in [2.75, 3.05) is 6.54 Å². The maximum Gasteiger partial charge on any atom is 0.0992 e. The Labute approximate surface area is 110 Å². The Hall–Kier alpha value is -0.900. The Bertz CT molecular complexity index is 377. The van der Waals surface area contributed by atoms with Crippen LogP contribution in [0.4, 0.5) is 0 Å². The Kier molecular flexibility index (Phi) is 4.21. The van der Waals surface area contributed by atoms with Gasteiger partial charge < -0.3 is 15.5 Å². The van der Waals surface area contributed by atoms with Crippen molar-refractivity contribution in [1.29, 1.82) is 0 Å².